The molecule has 0 atom stereocenters. The maximum Gasteiger partial charge on any atom is 0.184 e. The third-order valence-corrected chi connectivity index (χ3v) is 4.17. The Morgan fingerprint density at radius 1 is 1.21 bits per heavy atom. The summed E-state index contributed by atoms with van der Waals surface area (Å²) in [7, 11) is 0. The van der Waals surface area contributed by atoms with Crippen molar-refractivity contribution in [1.82, 2.24) is 4.98 Å². The number of rotatable bonds is 3. The molecule has 0 spiro atoms. The van der Waals surface area contributed by atoms with Crippen molar-refractivity contribution in [3.05, 3.63) is 58.6 Å². The third-order valence-electron chi connectivity index (χ3n) is 2.95. The molecule has 0 aliphatic carbocycles. The first-order valence-corrected chi connectivity index (χ1v) is 7.26. The van der Waals surface area contributed by atoms with E-state index in [0.717, 1.165) is 27.8 Å². The summed E-state index contributed by atoms with van der Waals surface area (Å²) in [5, 5.41) is 5.07. The Labute approximate surface area is 121 Å². The number of anilines is 1. The Morgan fingerprint density at radius 2 is 2.05 bits per heavy atom. The van der Waals surface area contributed by atoms with Crippen LogP contribution >= 0.6 is 22.9 Å². The Hall–Kier alpha value is -1.58. The van der Waals surface area contributed by atoms with Crippen molar-refractivity contribution in [2.75, 3.05) is 5.32 Å². The first kappa shape index (κ1) is 12.5. The van der Waals surface area contributed by atoms with Crippen LogP contribution in [-0.2, 0) is 6.54 Å². The number of halogens is 1. The minimum Gasteiger partial charge on any atom is -0.357 e. The number of fused-ring (bicyclic) bond motifs is 1. The molecule has 0 unspecified atom stereocenters. The number of nitrogens with zero attached hydrogens (tertiary/aromatic N) is 1. The number of hydrogen-bond donors (Lipinski definition) is 1. The van der Waals surface area contributed by atoms with Crippen molar-refractivity contribution in [3.63, 3.8) is 0 Å². The van der Waals surface area contributed by atoms with Crippen LogP contribution in [0.4, 0.5) is 5.13 Å². The molecular formula is C15H13ClN2S. The van der Waals surface area contributed by atoms with Crippen molar-refractivity contribution in [2.24, 2.45) is 0 Å². The van der Waals surface area contributed by atoms with Crippen LogP contribution in [-0.4, -0.2) is 4.98 Å². The largest absolute Gasteiger partial charge is 0.357 e. The zero-order chi connectivity index (χ0) is 13.2. The van der Waals surface area contributed by atoms with Crippen molar-refractivity contribution in [3.8, 4) is 0 Å². The predicted octanol–water partition coefficient (Wildman–Crippen LogP) is 4.87. The number of thiazole rings is 1. The van der Waals surface area contributed by atoms with Crippen molar-refractivity contribution >= 4 is 38.3 Å². The lowest BCUT2D eigenvalue weighted by molar-refractivity contribution is 1.14. The second-order valence-electron chi connectivity index (χ2n) is 4.42. The van der Waals surface area contributed by atoms with E-state index in [1.165, 1.54) is 10.3 Å². The topological polar surface area (TPSA) is 24.9 Å². The molecule has 0 aliphatic rings. The Balaban J connectivity index is 1.80. The summed E-state index contributed by atoms with van der Waals surface area (Å²) in [6, 6.07) is 14.1. The van der Waals surface area contributed by atoms with Gasteiger partial charge in [0.15, 0.2) is 5.13 Å². The molecule has 1 aromatic heterocycles. The molecule has 3 aromatic rings. The maximum atomic E-state index is 5.97. The van der Waals surface area contributed by atoms with Gasteiger partial charge in [-0.05, 0) is 36.2 Å². The zero-order valence-corrected chi connectivity index (χ0v) is 12.1. The summed E-state index contributed by atoms with van der Waals surface area (Å²) in [4.78, 5) is 4.62. The summed E-state index contributed by atoms with van der Waals surface area (Å²) < 4.78 is 1.22. The van der Waals surface area contributed by atoms with Crippen molar-refractivity contribution < 1.29 is 0 Å². The van der Waals surface area contributed by atoms with Crippen molar-refractivity contribution in [2.45, 2.75) is 13.5 Å². The van der Waals surface area contributed by atoms with E-state index in [9.17, 15) is 0 Å². The van der Waals surface area contributed by atoms with Gasteiger partial charge in [0.1, 0.15) is 0 Å². The summed E-state index contributed by atoms with van der Waals surface area (Å²) >= 11 is 7.65. The molecule has 0 fully saturated rings. The molecule has 2 nitrogen and oxygen atoms in total. The fraction of sp³-hybridized carbons (Fsp3) is 0.133. The molecule has 0 amide bonds. The van der Waals surface area contributed by atoms with Gasteiger partial charge in [-0.3, -0.25) is 0 Å². The van der Waals surface area contributed by atoms with E-state index >= 15 is 0 Å². The van der Waals surface area contributed by atoms with Gasteiger partial charge in [-0.15, -0.1) is 0 Å². The predicted molar refractivity (Wildman–Crippen MR) is 83.1 cm³/mol. The van der Waals surface area contributed by atoms with Gasteiger partial charge in [0, 0.05) is 11.6 Å². The third kappa shape index (κ3) is 2.72. The SMILES string of the molecule is Cc1cccc2sc(NCc3cccc(Cl)c3)nc12. The summed E-state index contributed by atoms with van der Waals surface area (Å²) in [5.41, 5.74) is 3.45. The number of para-hydroxylation sites is 1. The van der Waals surface area contributed by atoms with Crippen molar-refractivity contribution in [1.29, 1.82) is 0 Å². The molecule has 3 rings (SSSR count). The molecule has 0 aliphatic heterocycles. The first-order valence-electron chi connectivity index (χ1n) is 6.07. The fourth-order valence-corrected chi connectivity index (χ4v) is 3.14. The highest BCUT2D eigenvalue weighted by Crippen LogP contribution is 2.28. The molecule has 4 heteroatoms. The molecule has 0 saturated heterocycles. The van der Waals surface area contributed by atoms with Gasteiger partial charge in [0.05, 0.1) is 10.2 Å². The number of nitrogens with one attached hydrogen (secondary N) is 1. The zero-order valence-electron chi connectivity index (χ0n) is 10.5. The summed E-state index contributed by atoms with van der Waals surface area (Å²) in [6.45, 7) is 2.82. The minimum absolute atomic E-state index is 0.736. The van der Waals surface area contributed by atoms with E-state index < -0.39 is 0 Å². The average molecular weight is 289 g/mol. The normalized spacial score (nSPS) is 10.8. The van der Waals surface area contributed by atoms with Crippen LogP contribution in [0.15, 0.2) is 42.5 Å². The van der Waals surface area contributed by atoms with Crippen LogP contribution in [0.2, 0.25) is 5.02 Å². The molecule has 0 bridgehead atoms. The Kier molecular flexibility index (Phi) is 3.40. The van der Waals surface area contributed by atoms with Crippen LogP contribution in [0.3, 0.4) is 0 Å². The van der Waals surface area contributed by atoms with E-state index in [1.807, 2.05) is 18.2 Å². The molecule has 96 valence electrons. The van der Waals surface area contributed by atoms with Crippen LogP contribution in [0, 0.1) is 6.92 Å². The lowest BCUT2D eigenvalue weighted by atomic mass is 10.2. The Morgan fingerprint density at radius 3 is 2.84 bits per heavy atom. The number of benzene rings is 2. The van der Waals surface area contributed by atoms with Crippen LogP contribution in [0.1, 0.15) is 11.1 Å². The number of aryl methyl sites for hydroxylation is 1. The highest BCUT2D eigenvalue weighted by atomic mass is 35.5. The monoisotopic (exact) mass is 288 g/mol. The number of aromatic nitrogens is 1. The second kappa shape index (κ2) is 5.19. The second-order valence-corrected chi connectivity index (χ2v) is 5.89. The maximum absolute atomic E-state index is 5.97. The van der Waals surface area contributed by atoms with Gasteiger partial charge >= 0.3 is 0 Å². The molecule has 1 N–H and O–H groups in total. The quantitative estimate of drug-likeness (QED) is 0.744. The standard InChI is InChI=1S/C15H13ClN2S/c1-10-4-2-7-13-14(10)18-15(19-13)17-9-11-5-3-6-12(16)8-11/h2-8H,9H2,1H3,(H,17,18). The minimum atomic E-state index is 0.736. The van der Waals surface area contributed by atoms with E-state index in [1.54, 1.807) is 11.3 Å². The molecule has 1 heterocycles. The van der Waals surface area contributed by atoms with Gasteiger partial charge in [0.25, 0.3) is 0 Å². The van der Waals surface area contributed by atoms with E-state index in [2.05, 4.69) is 41.5 Å². The van der Waals surface area contributed by atoms with E-state index in [4.69, 9.17) is 11.6 Å². The summed E-state index contributed by atoms with van der Waals surface area (Å²) in [6.07, 6.45) is 0. The first-order chi connectivity index (χ1) is 9.22. The van der Waals surface area contributed by atoms with Gasteiger partial charge in [-0.1, -0.05) is 47.2 Å². The fourth-order valence-electron chi connectivity index (χ4n) is 1.99. The molecule has 19 heavy (non-hydrogen) atoms. The van der Waals surface area contributed by atoms with Gasteiger partial charge in [-0.25, -0.2) is 4.98 Å². The van der Waals surface area contributed by atoms with Gasteiger partial charge in [0.2, 0.25) is 0 Å². The van der Waals surface area contributed by atoms with Crippen LogP contribution in [0.25, 0.3) is 10.2 Å². The molecule has 2 aromatic carbocycles. The molecular weight excluding hydrogens is 276 g/mol. The van der Waals surface area contributed by atoms with Gasteiger partial charge < -0.3 is 5.32 Å². The lowest BCUT2D eigenvalue weighted by Crippen LogP contribution is -1.98. The molecule has 0 radical (unpaired) electrons. The summed E-state index contributed by atoms with van der Waals surface area (Å²) in [5.74, 6) is 0. The number of hydrogen-bond acceptors (Lipinski definition) is 3. The van der Waals surface area contributed by atoms with Crippen LogP contribution < -0.4 is 5.32 Å². The highest BCUT2D eigenvalue weighted by Gasteiger charge is 2.05. The average Bonchev–Trinajstić information content (AvgIpc) is 2.81. The van der Waals surface area contributed by atoms with E-state index in [-0.39, 0.29) is 0 Å². The van der Waals surface area contributed by atoms with Crippen LogP contribution in [0.5, 0.6) is 0 Å². The van der Waals surface area contributed by atoms with E-state index in [0.29, 0.717) is 0 Å². The van der Waals surface area contributed by atoms with Gasteiger partial charge in [-0.2, -0.15) is 0 Å². The Bertz CT molecular complexity index is 721. The lowest BCUT2D eigenvalue weighted by Gasteiger charge is -2.02. The smallest absolute Gasteiger partial charge is 0.184 e. The highest BCUT2D eigenvalue weighted by molar-refractivity contribution is 7.22. The molecule has 0 saturated carbocycles.